The second-order valence-electron chi connectivity index (χ2n) is 2.31. The minimum absolute atomic E-state index is 0.333. The number of anilines is 1. The van der Waals surface area contributed by atoms with Gasteiger partial charge in [-0.05, 0) is 28.1 Å². The van der Waals surface area contributed by atoms with Crippen LogP contribution in [0.3, 0.4) is 0 Å². The van der Waals surface area contributed by atoms with Crippen molar-refractivity contribution >= 4 is 21.6 Å². The lowest BCUT2D eigenvalue weighted by atomic mass is 10.4. The number of hydrogen-bond acceptors (Lipinski definition) is 2. The topological polar surface area (TPSA) is 24.9 Å². The number of nitrogens with zero attached hydrogens (tertiary/aromatic N) is 1. The van der Waals surface area contributed by atoms with Crippen molar-refractivity contribution in [3.8, 4) is 0 Å². The average molecular weight is 255 g/mol. The van der Waals surface area contributed by atoms with E-state index in [0.717, 1.165) is 0 Å². The molecule has 0 aliphatic heterocycles. The summed E-state index contributed by atoms with van der Waals surface area (Å²) in [5.41, 5.74) is 0.333. The lowest BCUT2D eigenvalue weighted by Gasteiger charge is -2.09. The Balaban J connectivity index is 2.60. The van der Waals surface area contributed by atoms with Gasteiger partial charge >= 0.3 is 6.18 Å². The molecule has 2 nitrogen and oxygen atoms in total. The minimum atomic E-state index is -4.21. The number of alkyl halides is 3. The Morgan fingerprint density at radius 2 is 2.15 bits per heavy atom. The van der Waals surface area contributed by atoms with Crippen molar-refractivity contribution in [1.29, 1.82) is 0 Å². The van der Waals surface area contributed by atoms with E-state index in [9.17, 15) is 13.2 Å². The Labute approximate surface area is 81.3 Å². The number of aromatic nitrogens is 1. The Bertz CT molecular complexity index is 287. The average Bonchev–Trinajstić information content (AvgIpc) is 2.01. The molecule has 0 amide bonds. The summed E-state index contributed by atoms with van der Waals surface area (Å²) in [5, 5.41) is 2.22. The number of halogens is 4. The molecule has 0 bridgehead atoms. The molecule has 0 fully saturated rings. The van der Waals surface area contributed by atoms with Crippen LogP contribution in [0.15, 0.2) is 22.9 Å². The van der Waals surface area contributed by atoms with Crippen molar-refractivity contribution < 1.29 is 13.2 Å². The van der Waals surface area contributed by atoms with Gasteiger partial charge in [-0.25, -0.2) is 4.98 Å². The highest BCUT2D eigenvalue weighted by molar-refractivity contribution is 9.10. The molecular weight excluding hydrogens is 249 g/mol. The fraction of sp³-hybridized carbons (Fsp3) is 0.286. The summed E-state index contributed by atoms with van der Waals surface area (Å²) in [7, 11) is 0. The molecular formula is C7H6BrF3N2. The minimum Gasteiger partial charge on any atom is -0.374 e. The van der Waals surface area contributed by atoms with Crippen molar-refractivity contribution in [2.24, 2.45) is 0 Å². The van der Waals surface area contributed by atoms with E-state index in [1.807, 2.05) is 0 Å². The van der Waals surface area contributed by atoms with Gasteiger partial charge in [-0.2, -0.15) is 13.2 Å². The van der Waals surface area contributed by atoms with Crippen LogP contribution in [0.2, 0.25) is 0 Å². The second kappa shape index (κ2) is 3.95. The summed E-state index contributed by atoms with van der Waals surface area (Å²) in [6, 6.07) is 3.08. The number of hydrogen-bond donors (Lipinski definition) is 1. The van der Waals surface area contributed by atoms with Crippen molar-refractivity contribution in [2.45, 2.75) is 6.18 Å². The van der Waals surface area contributed by atoms with Gasteiger partial charge in [0.2, 0.25) is 0 Å². The van der Waals surface area contributed by atoms with Crippen LogP contribution in [0.5, 0.6) is 0 Å². The van der Waals surface area contributed by atoms with Crippen LogP contribution in [0.4, 0.5) is 18.9 Å². The van der Waals surface area contributed by atoms with Crippen molar-refractivity contribution in [2.75, 3.05) is 11.9 Å². The third kappa shape index (κ3) is 3.63. The molecule has 1 aromatic rings. The molecule has 0 aliphatic rings. The summed E-state index contributed by atoms with van der Waals surface area (Å²) in [4.78, 5) is 3.77. The highest BCUT2D eigenvalue weighted by Gasteiger charge is 2.26. The van der Waals surface area contributed by atoms with Crippen LogP contribution in [-0.4, -0.2) is 17.7 Å². The summed E-state index contributed by atoms with van der Waals surface area (Å²) in [6.45, 7) is -1.06. The van der Waals surface area contributed by atoms with Gasteiger partial charge in [-0.15, -0.1) is 0 Å². The lowest BCUT2D eigenvalue weighted by Crippen LogP contribution is -2.21. The Hall–Kier alpha value is -0.780. The van der Waals surface area contributed by atoms with Gasteiger partial charge in [0, 0.05) is 6.20 Å². The quantitative estimate of drug-likeness (QED) is 0.822. The zero-order valence-corrected chi connectivity index (χ0v) is 7.98. The van der Waals surface area contributed by atoms with E-state index in [0.29, 0.717) is 10.3 Å². The maximum absolute atomic E-state index is 11.8. The molecule has 1 heterocycles. The molecule has 1 rings (SSSR count). The predicted molar refractivity (Wildman–Crippen MR) is 46.5 cm³/mol. The third-order valence-corrected chi connectivity index (χ3v) is 1.87. The van der Waals surface area contributed by atoms with Crippen LogP contribution in [0.1, 0.15) is 0 Å². The molecule has 72 valence electrons. The molecule has 0 atom stereocenters. The third-order valence-electron chi connectivity index (χ3n) is 1.24. The van der Waals surface area contributed by atoms with E-state index in [4.69, 9.17) is 0 Å². The molecule has 0 aliphatic carbocycles. The standard InChI is InChI=1S/C7H6BrF3N2/c8-6-5(2-1-3-12-6)13-4-7(9,10)11/h1-3,13H,4H2. The Kier molecular flexibility index (Phi) is 3.13. The van der Waals surface area contributed by atoms with Crippen LogP contribution in [0.25, 0.3) is 0 Å². The van der Waals surface area contributed by atoms with Gasteiger partial charge in [-0.3, -0.25) is 0 Å². The molecule has 6 heteroatoms. The highest BCUT2D eigenvalue weighted by atomic mass is 79.9. The lowest BCUT2D eigenvalue weighted by molar-refractivity contribution is -0.115. The van der Waals surface area contributed by atoms with Gasteiger partial charge in [0.15, 0.2) is 0 Å². The van der Waals surface area contributed by atoms with Crippen LogP contribution in [0, 0.1) is 0 Å². The van der Waals surface area contributed by atoms with E-state index in [-0.39, 0.29) is 0 Å². The molecule has 1 aromatic heterocycles. The van der Waals surface area contributed by atoms with E-state index in [2.05, 4.69) is 26.2 Å². The van der Waals surface area contributed by atoms with E-state index in [1.165, 1.54) is 12.3 Å². The van der Waals surface area contributed by atoms with Gasteiger partial charge < -0.3 is 5.32 Å². The van der Waals surface area contributed by atoms with Gasteiger partial charge in [0.25, 0.3) is 0 Å². The molecule has 0 unspecified atom stereocenters. The Morgan fingerprint density at radius 3 is 2.69 bits per heavy atom. The molecule has 0 radical (unpaired) electrons. The maximum Gasteiger partial charge on any atom is 0.405 e. The molecule has 0 saturated heterocycles. The van der Waals surface area contributed by atoms with Crippen LogP contribution < -0.4 is 5.32 Å². The predicted octanol–water partition coefficient (Wildman–Crippen LogP) is 2.82. The number of pyridine rings is 1. The van der Waals surface area contributed by atoms with Crippen molar-refractivity contribution in [1.82, 2.24) is 4.98 Å². The molecule has 13 heavy (non-hydrogen) atoms. The Morgan fingerprint density at radius 1 is 1.46 bits per heavy atom. The molecule has 0 aromatic carbocycles. The van der Waals surface area contributed by atoms with E-state index < -0.39 is 12.7 Å². The second-order valence-corrected chi connectivity index (χ2v) is 3.06. The fourth-order valence-electron chi connectivity index (χ4n) is 0.713. The van der Waals surface area contributed by atoms with Crippen molar-refractivity contribution in [3.05, 3.63) is 22.9 Å². The number of rotatable bonds is 2. The zero-order valence-electron chi connectivity index (χ0n) is 6.40. The maximum atomic E-state index is 11.8. The summed E-state index contributed by atoms with van der Waals surface area (Å²) in [6.07, 6.45) is -2.72. The zero-order chi connectivity index (χ0) is 9.90. The molecule has 1 N–H and O–H groups in total. The van der Waals surface area contributed by atoms with Gasteiger partial charge in [0.1, 0.15) is 11.1 Å². The SMILES string of the molecule is FC(F)(F)CNc1cccnc1Br. The molecule has 0 spiro atoms. The fourth-order valence-corrected chi connectivity index (χ4v) is 1.10. The largest absolute Gasteiger partial charge is 0.405 e. The first kappa shape index (κ1) is 10.3. The van der Waals surface area contributed by atoms with E-state index in [1.54, 1.807) is 6.07 Å². The van der Waals surface area contributed by atoms with E-state index >= 15 is 0 Å². The number of nitrogens with one attached hydrogen (secondary N) is 1. The summed E-state index contributed by atoms with van der Waals surface area (Å²) in [5.74, 6) is 0. The van der Waals surface area contributed by atoms with Gasteiger partial charge in [0.05, 0.1) is 5.69 Å². The van der Waals surface area contributed by atoms with Crippen LogP contribution >= 0.6 is 15.9 Å². The first-order chi connectivity index (χ1) is 5.99. The molecule has 0 saturated carbocycles. The highest BCUT2D eigenvalue weighted by Crippen LogP contribution is 2.21. The first-order valence-electron chi connectivity index (χ1n) is 3.40. The smallest absolute Gasteiger partial charge is 0.374 e. The van der Waals surface area contributed by atoms with Gasteiger partial charge in [-0.1, -0.05) is 0 Å². The first-order valence-corrected chi connectivity index (χ1v) is 4.19. The monoisotopic (exact) mass is 254 g/mol. The van der Waals surface area contributed by atoms with Crippen molar-refractivity contribution in [3.63, 3.8) is 0 Å². The normalized spacial score (nSPS) is 11.4. The summed E-state index contributed by atoms with van der Waals surface area (Å²) >= 11 is 3.02. The van der Waals surface area contributed by atoms with Crippen LogP contribution in [-0.2, 0) is 0 Å². The summed E-state index contributed by atoms with van der Waals surface area (Å²) < 4.78 is 35.7.